The maximum Gasteiger partial charge on any atom is 0.573 e. The van der Waals surface area contributed by atoms with Crippen LogP contribution < -0.4 is 20.1 Å². The SMILES string of the molecule is Cc1ccc(C(C)C)cc1OCc1c(C)nc(-c2ccccc2OC(F)(F)F)nc1N1CCN(CC(N)=O)[C@H](C)C1. The summed E-state index contributed by atoms with van der Waals surface area (Å²) in [5.41, 5.74) is 9.00. The molecule has 4 rings (SSSR count). The Morgan fingerprint density at radius 3 is 2.49 bits per heavy atom. The van der Waals surface area contributed by atoms with Crippen LogP contribution in [0.3, 0.4) is 0 Å². The van der Waals surface area contributed by atoms with Crippen LogP contribution in [0.4, 0.5) is 19.0 Å². The van der Waals surface area contributed by atoms with E-state index in [0.717, 1.165) is 22.4 Å². The molecule has 0 bridgehead atoms. The molecule has 1 aromatic heterocycles. The lowest BCUT2D eigenvalue weighted by Gasteiger charge is -2.40. The molecule has 0 saturated carbocycles. The van der Waals surface area contributed by atoms with Gasteiger partial charge in [-0.1, -0.05) is 38.1 Å². The first-order valence-corrected chi connectivity index (χ1v) is 13.6. The minimum atomic E-state index is -4.86. The third-order valence-electron chi connectivity index (χ3n) is 7.22. The molecule has 3 aromatic rings. The Morgan fingerprint density at radius 2 is 1.83 bits per heavy atom. The average Bonchev–Trinajstić information content (AvgIpc) is 2.88. The third kappa shape index (κ3) is 7.46. The second kappa shape index (κ2) is 12.3. The minimum Gasteiger partial charge on any atom is -0.488 e. The highest BCUT2D eigenvalue weighted by molar-refractivity contribution is 5.76. The van der Waals surface area contributed by atoms with Crippen LogP contribution in [0.1, 0.15) is 49.1 Å². The number of primary amides is 1. The second-order valence-corrected chi connectivity index (χ2v) is 10.7. The van der Waals surface area contributed by atoms with Crippen molar-refractivity contribution in [2.75, 3.05) is 31.1 Å². The summed E-state index contributed by atoms with van der Waals surface area (Å²) >= 11 is 0. The molecule has 11 heteroatoms. The molecule has 1 atom stereocenters. The van der Waals surface area contributed by atoms with E-state index >= 15 is 0 Å². The number of nitrogens with two attached hydrogens (primary N) is 1. The maximum atomic E-state index is 13.2. The first-order chi connectivity index (χ1) is 19.3. The Balaban J connectivity index is 1.74. The van der Waals surface area contributed by atoms with Crippen LogP contribution in [0.25, 0.3) is 11.4 Å². The molecule has 1 aliphatic rings. The number of aryl methyl sites for hydroxylation is 2. The summed E-state index contributed by atoms with van der Waals surface area (Å²) in [4.78, 5) is 25.0. The van der Waals surface area contributed by atoms with Crippen LogP contribution in [0, 0.1) is 13.8 Å². The second-order valence-electron chi connectivity index (χ2n) is 10.7. The Morgan fingerprint density at radius 1 is 1.10 bits per heavy atom. The van der Waals surface area contributed by atoms with Gasteiger partial charge in [-0.3, -0.25) is 9.69 Å². The van der Waals surface area contributed by atoms with Gasteiger partial charge in [0.2, 0.25) is 5.91 Å². The molecule has 0 aliphatic carbocycles. The summed E-state index contributed by atoms with van der Waals surface area (Å²) in [7, 11) is 0. The number of anilines is 1. The molecular formula is C30H36F3N5O3. The van der Waals surface area contributed by atoms with E-state index in [-0.39, 0.29) is 36.3 Å². The van der Waals surface area contributed by atoms with E-state index < -0.39 is 12.3 Å². The lowest BCUT2D eigenvalue weighted by molar-refractivity contribution is -0.274. The fourth-order valence-corrected chi connectivity index (χ4v) is 4.90. The molecular weight excluding hydrogens is 535 g/mol. The number of benzene rings is 2. The largest absolute Gasteiger partial charge is 0.573 e. The molecule has 41 heavy (non-hydrogen) atoms. The summed E-state index contributed by atoms with van der Waals surface area (Å²) in [6.45, 7) is 11.9. The maximum absolute atomic E-state index is 13.2. The van der Waals surface area contributed by atoms with E-state index in [4.69, 9.17) is 15.5 Å². The molecule has 2 N–H and O–H groups in total. The standard InChI is InChI=1S/C30H36F3N5O3/c1-18(2)22-11-10-19(3)26(14-22)40-17-24-21(5)35-28(23-8-6-7-9-25(23)41-30(31,32)33)36-29(24)38-13-12-37(16-27(34)39)20(4)15-38/h6-11,14,18,20H,12-13,15-17H2,1-5H3,(H2,34,39)/t20-/m1/s1. The van der Waals surface area contributed by atoms with Crippen molar-refractivity contribution in [3.8, 4) is 22.9 Å². The van der Waals surface area contributed by atoms with Crippen LogP contribution in [0.5, 0.6) is 11.5 Å². The number of rotatable bonds is 9. The van der Waals surface area contributed by atoms with Gasteiger partial charge in [0.05, 0.1) is 23.4 Å². The number of hydrogen-bond acceptors (Lipinski definition) is 7. The zero-order valence-electron chi connectivity index (χ0n) is 24.0. The van der Waals surface area contributed by atoms with Crippen LogP contribution in [-0.2, 0) is 11.4 Å². The van der Waals surface area contributed by atoms with Crippen molar-refractivity contribution in [2.45, 2.75) is 59.5 Å². The number of aromatic nitrogens is 2. The minimum absolute atomic E-state index is 0.0189. The monoisotopic (exact) mass is 571 g/mol. The normalized spacial score (nSPS) is 16.2. The molecule has 2 heterocycles. The molecule has 1 aliphatic heterocycles. The zero-order valence-corrected chi connectivity index (χ0v) is 24.0. The topological polar surface area (TPSA) is 93.8 Å². The van der Waals surface area contributed by atoms with Crippen molar-refractivity contribution in [1.82, 2.24) is 14.9 Å². The number of para-hydroxylation sites is 1. The molecule has 0 unspecified atom stereocenters. The van der Waals surface area contributed by atoms with Gasteiger partial charge in [-0.25, -0.2) is 9.97 Å². The Bertz CT molecular complexity index is 1400. The van der Waals surface area contributed by atoms with Gasteiger partial charge in [0.15, 0.2) is 5.82 Å². The molecule has 220 valence electrons. The van der Waals surface area contributed by atoms with Crippen molar-refractivity contribution >= 4 is 11.7 Å². The predicted molar refractivity (Wildman–Crippen MR) is 151 cm³/mol. The zero-order chi connectivity index (χ0) is 29.9. The van der Waals surface area contributed by atoms with Crippen molar-refractivity contribution in [3.63, 3.8) is 0 Å². The van der Waals surface area contributed by atoms with Crippen LogP contribution in [0.15, 0.2) is 42.5 Å². The molecule has 1 saturated heterocycles. The van der Waals surface area contributed by atoms with Crippen molar-refractivity contribution < 1.29 is 27.4 Å². The Labute approximate surface area is 238 Å². The highest BCUT2D eigenvalue weighted by Gasteiger charge is 2.33. The summed E-state index contributed by atoms with van der Waals surface area (Å²) in [6.07, 6.45) is -4.86. The van der Waals surface area contributed by atoms with Crippen LogP contribution in [0.2, 0.25) is 0 Å². The van der Waals surface area contributed by atoms with E-state index in [0.29, 0.717) is 37.1 Å². The van der Waals surface area contributed by atoms with Gasteiger partial charge in [-0.15, -0.1) is 13.2 Å². The fourth-order valence-electron chi connectivity index (χ4n) is 4.90. The number of alkyl halides is 3. The molecule has 1 amide bonds. The van der Waals surface area contributed by atoms with Crippen molar-refractivity contribution in [2.24, 2.45) is 5.73 Å². The number of carbonyl (C=O) groups excluding carboxylic acids is 1. The van der Waals surface area contributed by atoms with Crippen molar-refractivity contribution in [3.05, 3.63) is 64.8 Å². The van der Waals surface area contributed by atoms with Gasteiger partial charge in [0.25, 0.3) is 0 Å². The molecule has 8 nitrogen and oxygen atoms in total. The fraction of sp³-hybridized carbons (Fsp3) is 0.433. The summed E-state index contributed by atoms with van der Waals surface area (Å²) in [5.74, 6) is 0.975. The van der Waals surface area contributed by atoms with E-state index in [1.807, 2.05) is 30.9 Å². The molecule has 1 fully saturated rings. The first-order valence-electron chi connectivity index (χ1n) is 13.6. The number of carbonyl (C=O) groups is 1. The number of nitrogens with zero attached hydrogens (tertiary/aromatic N) is 4. The highest BCUT2D eigenvalue weighted by atomic mass is 19.4. The lowest BCUT2D eigenvalue weighted by atomic mass is 10.0. The number of hydrogen-bond donors (Lipinski definition) is 1. The Hall–Kier alpha value is -3.86. The Kier molecular flexibility index (Phi) is 9.06. The van der Waals surface area contributed by atoms with E-state index in [1.165, 1.54) is 18.2 Å². The average molecular weight is 572 g/mol. The molecule has 2 aromatic carbocycles. The van der Waals surface area contributed by atoms with Crippen LogP contribution >= 0.6 is 0 Å². The summed E-state index contributed by atoms with van der Waals surface area (Å²) < 4.78 is 50.1. The smallest absolute Gasteiger partial charge is 0.488 e. The molecule has 0 spiro atoms. The first kappa shape index (κ1) is 30.1. The quantitative estimate of drug-likeness (QED) is 0.370. The van der Waals surface area contributed by atoms with Crippen molar-refractivity contribution in [1.29, 1.82) is 0 Å². The van der Waals surface area contributed by atoms with E-state index in [1.54, 1.807) is 13.0 Å². The lowest BCUT2D eigenvalue weighted by Crippen LogP contribution is -2.54. The van der Waals surface area contributed by atoms with Gasteiger partial charge in [0, 0.05) is 25.7 Å². The van der Waals surface area contributed by atoms with E-state index in [2.05, 4.69) is 34.5 Å². The summed E-state index contributed by atoms with van der Waals surface area (Å²) in [6, 6.07) is 11.9. The summed E-state index contributed by atoms with van der Waals surface area (Å²) in [5, 5.41) is 0. The van der Waals surface area contributed by atoms with Gasteiger partial charge in [0.1, 0.15) is 23.9 Å². The third-order valence-corrected chi connectivity index (χ3v) is 7.22. The van der Waals surface area contributed by atoms with Gasteiger partial charge >= 0.3 is 6.36 Å². The van der Waals surface area contributed by atoms with Crippen LogP contribution in [-0.4, -0.2) is 59.4 Å². The molecule has 0 radical (unpaired) electrons. The number of amides is 1. The van der Waals surface area contributed by atoms with E-state index in [9.17, 15) is 18.0 Å². The predicted octanol–water partition coefficient (Wildman–Crippen LogP) is 5.36. The highest BCUT2D eigenvalue weighted by Crippen LogP contribution is 2.35. The number of ether oxygens (including phenoxy) is 2. The number of halogens is 3. The van der Waals surface area contributed by atoms with Gasteiger partial charge in [-0.05, 0) is 56.0 Å². The van der Waals surface area contributed by atoms with Gasteiger partial charge < -0.3 is 20.1 Å². The number of piperazine rings is 1. The van der Waals surface area contributed by atoms with Gasteiger partial charge in [-0.2, -0.15) is 0 Å².